The van der Waals surface area contributed by atoms with Gasteiger partial charge in [-0.15, -0.1) is 22.7 Å². The Morgan fingerprint density at radius 3 is 2.91 bits per heavy atom. The minimum atomic E-state index is 0.0858. The summed E-state index contributed by atoms with van der Waals surface area (Å²) in [6, 6.07) is 17.4. The molecule has 2 aromatic heterocycles. The molecular formula is C26H25NO3S2. The van der Waals surface area contributed by atoms with E-state index in [4.69, 9.17) is 14.2 Å². The third kappa shape index (κ3) is 4.04. The number of hydrogen-bond donors (Lipinski definition) is 0. The van der Waals surface area contributed by atoms with E-state index in [0.717, 1.165) is 44.2 Å². The van der Waals surface area contributed by atoms with Crippen LogP contribution in [0.3, 0.4) is 0 Å². The maximum absolute atomic E-state index is 6.46. The summed E-state index contributed by atoms with van der Waals surface area (Å²) >= 11 is 3.60. The standard InChI is InChI=1S/C26H25NO3S2/c1-2-6-25-22(5-1)23(17-32-25)18-12-19-14-27(15-21-4-3-11-31-21)8-10-29-26(19)24(13-18)30-20-7-9-28-16-20/h1-6,11-13,17,20H,7-10,14-16H2. The summed E-state index contributed by atoms with van der Waals surface area (Å²) in [7, 11) is 0. The van der Waals surface area contributed by atoms with Crippen LogP contribution in [0.5, 0.6) is 11.5 Å². The molecule has 0 N–H and O–H groups in total. The fraction of sp³-hybridized carbons (Fsp3) is 0.308. The first-order chi connectivity index (χ1) is 15.8. The van der Waals surface area contributed by atoms with Crippen LogP contribution in [0.15, 0.2) is 59.3 Å². The Hall–Kier alpha value is -2.38. The molecule has 1 saturated heterocycles. The van der Waals surface area contributed by atoms with E-state index in [1.54, 1.807) is 11.3 Å². The van der Waals surface area contributed by atoms with E-state index in [1.807, 2.05) is 11.3 Å². The van der Waals surface area contributed by atoms with Crippen molar-refractivity contribution in [1.29, 1.82) is 0 Å². The van der Waals surface area contributed by atoms with Crippen LogP contribution in [-0.2, 0) is 17.8 Å². The van der Waals surface area contributed by atoms with E-state index in [1.165, 1.54) is 31.7 Å². The predicted octanol–water partition coefficient (Wildman–Crippen LogP) is 6.19. The molecule has 0 spiro atoms. The molecule has 0 radical (unpaired) electrons. The number of benzene rings is 2. The highest BCUT2D eigenvalue weighted by atomic mass is 32.1. The number of nitrogens with zero attached hydrogens (tertiary/aromatic N) is 1. The molecule has 164 valence electrons. The lowest BCUT2D eigenvalue weighted by atomic mass is 10.0. The molecule has 4 aromatic rings. The minimum Gasteiger partial charge on any atom is -0.488 e. The highest BCUT2D eigenvalue weighted by Gasteiger charge is 2.25. The molecule has 0 aliphatic carbocycles. The zero-order valence-electron chi connectivity index (χ0n) is 17.8. The summed E-state index contributed by atoms with van der Waals surface area (Å²) in [6.07, 6.45) is 1.01. The molecule has 0 bridgehead atoms. The summed E-state index contributed by atoms with van der Waals surface area (Å²) in [4.78, 5) is 3.85. The largest absolute Gasteiger partial charge is 0.488 e. The summed E-state index contributed by atoms with van der Waals surface area (Å²) in [6.45, 7) is 4.76. The lowest BCUT2D eigenvalue weighted by Gasteiger charge is -2.20. The van der Waals surface area contributed by atoms with Crippen molar-refractivity contribution >= 4 is 32.8 Å². The molecule has 0 amide bonds. The number of ether oxygens (including phenoxy) is 3. The Bertz CT molecular complexity index is 1210. The molecule has 2 aliphatic rings. The zero-order valence-corrected chi connectivity index (χ0v) is 19.4. The van der Waals surface area contributed by atoms with Crippen LogP contribution in [-0.4, -0.2) is 37.4 Å². The third-order valence-corrected chi connectivity index (χ3v) is 7.94. The Balaban J connectivity index is 1.41. The Morgan fingerprint density at radius 1 is 1.06 bits per heavy atom. The van der Waals surface area contributed by atoms with Crippen LogP contribution in [0.25, 0.3) is 21.2 Å². The quantitative estimate of drug-likeness (QED) is 0.353. The van der Waals surface area contributed by atoms with Crippen molar-refractivity contribution in [2.75, 3.05) is 26.4 Å². The highest BCUT2D eigenvalue weighted by molar-refractivity contribution is 7.17. The molecule has 2 aromatic carbocycles. The average Bonchev–Trinajstić information content (AvgIpc) is 3.55. The maximum Gasteiger partial charge on any atom is 0.165 e. The first-order valence-electron chi connectivity index (χ1n) is 11.1. The maximum atomic E-state index is 6.46. The van der Waals surface area contributed by atoms with Gasteiger partial charge in [-0.05, 0) is 40.6 Å². The SMILES string of the molecule is c1csc(CN2CCOc3c(cc(-c4csc5ccccc45)cc3OC3CCOC3)C2)c1. The van der Waals surface area contributed by atoms with Gasteiger partial charge >= 0.3 is 0 Å². The van der Waals surface area contributed by atoms with Crippen LogP contribution >= 0.6 is 22.7 Å². The summed E-state index contributed by atoms with van der Waals surface area (Å²) in [5, 5.41) is 5.70. The Labute approximate surface area is 196 Å². The van der Waals surface area contributed by atoms with Gasteiger partial charge in [0, 0.05) is 52.1 Å². The van der Waals surface area contributed by atoms with Gasteiger partial charge in [0.25, 0.3) is 0 Å². The number of fused-ring (bicyclic) bond motifs is 2. The van der Waals surface area contributed by atoms with E-state index in [0.29, 0.717) is 13.2 Å². The molecule has 1 unspecified atom stereocenters. The van der Waals surface area contributed by atoms with Crippen molar-refractivity contribution in [1.82, 2.24) is 4.90 Å². The summed E-state index contributed by atoms with van der Waals surface area (Å²) in [5.74, 6) is 1.75. The van der Waals surface area contributed by atoms with Gasteiger partial charge in [-0.2, -0.15) is 0 Å². The lowest BCUT2D eigenvalue weighted by Crippen LogP contribution is -2.24. The first-order valence-corrected chi connectivity index (χ1v) is 12.8. The zero-order chi connectivity index (χ0) is 21.3. The van der Waals surface area contributed by atoms with Gasteiger partial charge in [0.2, 0.25) is 0 Å². The smallest absolute Gasteiger partial charge is 0.165 e. The normalized spacial score (nSPS) is 18.9. The molecule has 6 heteroatoms. The molecule has 32 heavy (non-hydrogen) atoms. The number of thiophene rings is 2. The van der Waals surface area contributed by atoms with Gasteiger partial charge in [-0.1, -0.05) is 24.3 Å². The van der Waals surface area contributed by atoms with Crippen LogP contribution in [0, 0.1) is 0 Å². The monoisotopic (exact) mass is 463 g/mol. The second-order valence-corrected chi connectivity index (χ2v) is 10.3. The van der Waals surface area contributed by atoms with Crippen molar-refractivity contribution in [2.45, 2.75) is 25.6 Å². The summed E-state index contributed by atoms with van der Waals surface area (Å²) < 4.78 is 19.6. The second-order valence-electron chi connectivity index (χ2n) is 8.35. The van der Waals surface area contributed by atoms with Gasteiger partial charge in [0.05, 0.1) is 13.2 Å². The number of rotatable bonds is 5. The molecule has 0 saturated carbocycles. The van der Waals surface area contributed by atoms with E-state index in [9.17, 15) is 0 Å². The molecule has 1 atom stereocenters. The van der Waals surface area contributed by atoms with Crippen LogP contribution in [0.2, 0.25) is 0 Å². The van der Waals surface area contributed by atoms with E-state index < -0.39 is 0 Å². The molecule has 1 fully saturated rings. The Kier molecular flexibility index (Phi) is 5.61. The first kappa shape index (κ1) is 20.2. The van der Waals surface area contributed by atoms with Gasteiger partial charge < -0.3 is 14.2 Å². The van der Waals surface area contributed by atoms with Gasteiger partial charge in [0.1, 0.15) is 12.7 Å². The lowest BCUT2D eigenvalue weighted by molar-refractivity contribution is 0.137. The number of hydrogen-bond acceptors (Lipinski definition) is 6. The molecule has 6 rings (SSSR count). The van der Waals surface area contributed by atoms with Gasteiger partial charge in [0.15, 0.2) is 11.5 Å². The van der Waals surface area contributed by atoms with Crippen LogP contribution in [0.4, 0.5) is 0 Å². The van der Waals surface area contributed by atoms with E-state index in [2.05, 4.69) is 64.2 Å². The van der Waals surface area contributed by atoms with E-state index in [-0.39, 0.29) is 6.10 Å². The van der Waals surface area contributed by atoms with Crippen molar-refractivity contribution < 1.29 is 14.2 Å². The van der Waals surface area contributed by atoms with Crippen molar-refractivity contribution in [3.63, 3.8) is 0 Å². The second kappa shape index (κ2) is 8.87. The third-order valence-electron chi connectivity index (χ3n) is 6.11. The van der Waals surface area contributed by atoms with Crippen LogP contribution < -0.4 is 9.47 Å². The molecular weight excluding hydrogens is 438 g/mol. The molecule has 4 nitrogen and oxygen atoms in total. The highest BCUT2D eigenvalue weighted by Crippen LogP contribution is 2.42. The minimum absolute atomic E-state index is 0.0858. The van der Waals surface area contributed by atoms with Gasteiger partial charge in [-0.25, -0.2) is 0 Å². The predicted molar refractivity (Wildman–Crippen MR) is 131 cm³/mol. The molecule has 4 heterocycles. The van der Waals surface area contributed by atoms with Crippen molar-refractivity contribution in [3.05, 3.63) is 69.7 Å². The fourth-order valence-electron chi connectivity index (χ4n) is 4.53. The summed E-state index contributed by atoms with van der Waals surface area (Å²) in [5.41, 5.74) is 3.65. The van der Waals surface area contributed by atoms with Crippen LogP contribution in [0.1, 0.15) is 16.9 Å². The van der Waals surface area contributed by atoms with Crippen molar-refractivity contribution in [2.24, 2.45) is 0 Å². The van der Waals surface area contributed by atoms with Gasteiger partial charge in [-0.3, -0.25) is 4.90 Å². The molecule has 2 aliphatic heterocycles. The Morgan fingerprint density at radius 2 is 2.03 bits per heavy atom. The topological polar surface area (TPSA) is 30.9 Å². The average molecular weight is 464 g/mol. The fourth-order valence-corrected chi connectivity index (χ4v) is 6.24. The van der Waals surface area contributed by atoms with Crippen molar-refractivity contribution in [3.8, 4) is 22.6 Å². The van der Waals surface area contributed by atoms with E-state index >= 15 is 0 Å².